The van der Waals surface area contributed by atoms with Gasteiger partial charge in [0, 0.05) is 50.2 Å². The number of aryl methyl sites for hydroxylation is 1. The zero-order valence-electron chi connectivity index (χ0n) is 15.9. The standard InChI is InChI=1S/C21H28N4OS/c1-17-6-8-19(9-7-17)25-13-11-24(12-14-25)10-3-15-26-20-5-2-4-18(16-20)23-21(22)27/h2,4-9,16H,3,10-15H2,1H3,(H3,22,23,27). The lowest BCUT2D eigenvalue weighted by Crippen LogP contribution is -2.46. The van der Waals surface area contributed by atoms with Crippen LogP contribution in [0.3, 0.4) is 0 Å². The molecule has 0 amide bonds. The van der Waals surface area contributed by atoms with E-state index >= 15 is 0 Å². The van der Waals surface area contributed by atoms with Gasteiger partial charge in [-0.2, -0.15) is 0 Å². The van der Waals surface area contributed by atoms with E-state index in [1.165, 1.54) is 11.3 Å². The average molecular weight is 385 g/mol. The van der Waals surface area contributed by atoms with E-state index in [2.05, 4.69) is 46.3 Å². The minimum atomic E-state index is 0.261. The van der Waals surface area contributed by atoms with Crippen LogP contribution in [0.2, 0.25) is 0 Å². The molecule has 27 heavy (non-hydrogen) atoms. The van der Waals surface area contributed by atoms with Crippen LogP contribution >= 0.6 is 12.2 Å². The first kappa shape index (κ1) is 19.5. The van der Waals surface area contributed by atoms with Crippen LogP contribution < -0.4 is 20.7 Å². The maximum absolute atomic E-state index is 5.86. The predicted molar refractivity (Wildman–Crippen MR) is 117 cm³/mol. The Morgan fingerprint density at radius 3 is 2.56 bits per heavy atom. The molecule has 1 saturated heterocycles. The number of thiocarbonyl (C=S) groups is 1. The molecule has 0 unspecified atom stereocenters. The van der Waals surface area contributed by atoms with Gasteiger partial charge in [-0.25, -0.2) is 0 Å². The third kappa shape index (κ3) is 6.12. The molecule has 6 heteroatoms. The van der Waals surface area contributed by atoms with Crippen molar-refractivity contribution in [3.05, 3.63) is 54.1 Å². The van der Waals surface area contributed by atoms with E-state index in [1.807, 2.05) is 24.3 Å². The van der Waals surface area contributed by atoms with Crippen LogP contribution in [0.4, 0.5) is 11.4 Å². The van der Waals surface area contributed by atoms with Crippen LogP contribution in [0.5, 0.6) is 5.75 Å². The summed E-state index contributed by atoms with van der Waals surface area (Å²) >= 11 is 4.86. The largest absolute Gasteiger partial charge is 0.493 e. The fourth-order valence-corrected chi connectivity index (χ4v) is 3.39. The fraction of sp³-hybridized carbons (Fsp3) is 0.381. The normalized spacial score (nSPS) is 14.8. The first-order chi connectivity index (χ1) is 13.1. The molecule has 0 aromatic heterocycles. The minimum Gasteiger partial charge on any atom is -0.493 e. The van der Waals surface area contributed by atoms with Crippen molar-refractivity contribution < 1.29 is 4.74 Å². The van der Waals surface area contributed by atoms with Crippen LogP contribution in [0.15, 0.2) is 48.5 Å². The summed E-state index contributed by atoms with van der Waals surface area (Å²) in [5.74, 6) is 0.834. The monoisotopic (exact) mass is 384 g/mol. The Bertz CT molecular complexity index is 742. The molecule has 5 nitrogen and oxygen atoms in total. The van der Waals surface area contributed by atoms with E-state index in [-0.39, 0.29) is 5.11 Å². The van der Waals surface area contributed by atoms with Crippen molar-refractivity contribution in [3.63, 3.8) is 0 Å². The summed E-state index contributed by atoms with van der Waals surface area (Å²) in [7, 11) is 0. The Morgan fingerprint density at radius 1 is 1.11 bits per heavy atom. The van der Waals surface area contributed by atoms with Gasteiger partial charge in [0.05, 0.1) is 6.61 Å². The fourth-order valence-electron chi connectivity index (χ4n) is 3.27. The van der Waals surface area contributed by atoms with Gasteiger partial charge >= 0.3 is 0 Å². The summed E-state index contributed by atoms with van der Waals surface area (Å²) in [6.45, 7) is 8.25. The van der Waals surface area contributed by atoms with Crippen molar-refractivity contribution >= 4 is 28.7 Å². The Balaban J connectivity index is 1.36. The highest BCUT2D eigenvalue weighted by molar-refractivity contribution is 7.80. The van der Waals surface area contributed by atoms with E-state index in [1.54, 1.807) is 0 Å². The Morgan fingerprint density at radius 2 is 1.85 bits per heavy atom. The number of hydrogen-bond donors (Lipinski definition) is 2. The Kier molecular flexibility index (Phi) is 6.90. The Hall–Kier alpha value is -2.31. The molecule has 0 aliphatic carbocycles. The van der Waals surface area contributed by atoms with Gasteiger partial charge in [-0.15, -0.1) is 0 Å². The lowest BCUT2D eigenvalue weighted by atomic mass is 10.2. The van der Waals surface area contributed by atoms with Crippen LogP contribution in [-0.4, -0.2) is 49.3 Å². The lowest BCUT2D eigenvalue weighted by molar-refractivity contribution is 0.225. The summed E-state index contributed by atoms with van der Waals surface area (Å²) < 4.78 is 5.86. The van der Waals surface area contributed by atoms with Gasteiger partial charge in [-0.05, 0) is 49.8 Å². The minimum absolute atomic E-state index is 0.261. The predicted octanol–water partition coefficient (Wildman–Crippen LogP) is 3.24. The van der Waals surface area contributed by atoms with Crippen molar-refractivity contribution in [3.8, 4) is 5.75 Å². The molecule has 2 aromatic carbocycles. The maximum Gasteiger partial charge on any atom is 0.168 e. The quantitative estimate of drug-likeness (QED) is 0.565. The van der Waals surface area contributed by atoms with Crippen LogP contribution in [0.25, 0.3) is 0 Å². The smallest absolute Gasteiger partial charge is 0.168 e. The third-order valence-electron chi connectivity index (χ3n) is 4.76. The van der Waals surface area contributed by atoms with Crippen molar-refractivity contribution in [1.29, 1.82) is 0 Å². The molecule has 1 aliphatic rings. The van der Waals surface area contributed by atoms with Crippen molar-refractivity contribution in [1.82, 2.24) is 4.90 Å². The summed E-state index contributed by atoms with van der Waals surface area (Å²) in [6, 6.07) is 16.5. The first-order valence-corrected chi connectivity index (χ1v) is 9.84. The van der Waals surface area contributed by atoms with Crippen molar-refractivity contribution in [2.45, 2.75) is 13.3 Å². The summed E-state index contributed by atoms with van der Waals surface area (Å²) in [4.78, 5) is 4.98. The first-order valence-electron chi connectivity index (χ1n) is 9.43. The topological polar surface area (TPSA) is 53.8 Å². The second kappa shape index (κ2) is 9.58. The zero-order valence-corrected chi connectivity index (χ0v) is 16.7. The molecule has 2 aromatic rings. The molecule has 0 bridgehead atoms. The summed E-state index contributed by atoms with van der Waals surface area (Å²) in [6.07, 6.45) is 1.01. The van der Waals surface area contributed by atoms with Gasteiger partial charge in [-0.1, -0.05) is 23.8 Å². The maximum atomic E-state index is 5.86. The van der Waals surface area contributed by atoms with Gasteiger partial charge < -0.3 is 20.7 Å². The second-order valence-corrected chi connectivity index (χ2v) is 7.32. The molecular weight excluding hydrogens is 356 g/mol. The van der Waals surface area contributed by atoms with Crippen LogP contribution in [0, 0.1) is 6.92 Å². The van der Waals surface area contributed by atoms with Crippen molar-refractivity contribution in [2.75, 3.05) is 49.5 Å². The number of hydrogen-bond acceptors (Lipinski definition) is 4. The molecule has 3 N–H and O–H groups in total. The number of piperazine rings is 1. The molecule has 0 spiro atoms. The lowest BCUT2D eigenvalue weighted by Gasteiger charge is -2.36. The number of rotatable bonds is 7. The highest BCUT2D eigenvalue weighted by Gasteiger charge is 2.16. The molecule has 3 rings (SSSR count). The molecule has 1 fully saturated rings. The Labute approximate surface area is 167 Å². The molecule has 144 valence electrons. The number of nitrogens with two attached hydrogens (primary N) is 1. The second-order valence-electron chi connectivity index (χ2n) is 6.88. The van der Waals surface area contributed by atoms with E-state index in [9.17, 15) is 0 Å². The molecule has 1 heterocycles. The SMILES string of the molecule is Cc1ccc(N2CCN(CCCOc3cccc(NC(N)=S)c3)CC2)cc1. The average Bonchev–Trinajstić information content (AvgIpc) is 2.66. The molecule has 0 saturated carbocycles. The van der Waals surface area contributed by atoms with Crippen molar-refractivity contribution in [2.24, 2.45) is 5.73 Å². The summed E-state index contributed by atoms with van der Waals surface area (Å²) in [5, 5.41) is 3.19. The highest BCUT2D eigenvalue weighted by Crippen LogP contribution is 2.18. The molecular formula is C21H28N4OS. The van der Waals surface area contributed by atoms with E-state index < -0.39 is 0 Å². The van der Waals surface area contributed by atoms with Gasteiger partial charge in [0.15, 0.2) is 5.11 Å². The molecule has 1 aliphatic heterocycles. The number of nitrogens with one attached hydrogen (secondary N) is 1. The van der Waals surface area contributed by atoms with E-state index in [0.29, 0.717) is 6.61 Å². The van der Waals surface area contributed by atoms with Gasteiger partial charge in [-0.3, -0.25) is 4.90 Å². The number of nitrogens with zero attached hydrogens (tertiary/aromatic N) is 2. The van der Waals surface area contributed by atoms with Crippen LogP contribution in [-0.2, 0) is 0 Å². The zero-order chi connectivity index (χ0) is 19.1. The molecule has 0 radical (unpaired) electrons. The van der Waals surface area contributed by atoms with E-state index in [4.69, 9.17) is 22.7 Å². The van der Waals surface area contributed by atoms with Crippen LogP contribution in [0.1, 0.15) is 12.0 Å². The number of anilines is 2. The number of ether oxygens (including phenoxy) is 1. The van der Waals surface area contributed by atoms with Gasteiger partial charge in [0.2, 0.25) is 0 Å². The third-order valence-corrected chi connectivity index (χ3v) is 4.86. The van der Waals surface area contributed by atoms with Gasteiger partial charge in [0.1, 0.15) is 5.75 Å². The van der Waals surface area contributed by atoms with E-state index in [0.717, 1.165) is 50.6 Å². The number of benzene rings is 2. The summed E-state index contributed by atoms with van der Waals surface area (Å²) in [5.41, 5.74) is 8.99. The highest BCUT2D eigenvalue weighted by atomic mass is 32.1. The van der Waals surface area contributed by atoms with Gasteiger partial charge in [0.25, 0.3) is 0 Å². The molecule has 0 atom stereocenters.